The zero-order valence-corrected chi connectivity index (χ0v) is 18.5. The van der Waals surface area contributed by atoms with Gasteiger partial charge in [-0.05, 0) is 50.5 Å². The van der Waals surface area contributed by atoms with Crippen LogP contribution in [0.15, 0.2) is 30.3 Å². The SMILES string of the molecule is COCC(=O)N1CC(N(Cc2ccccc2)C2CC2)CC1C(=O)NC1CCC(N)CC1. The highest BCUT2D eigenvalue weighted by Crippen LogP contribution is 2.35. The Morgan fingerprint density at radius 3 is 2.45 bits per heavy atom. The maximum atomic E-state index is 13.2. The van der Waals surface area contributed by atoms with E-state index in [0.29, 0.717) is 19.0 Å². The van der Waals surface area contributed by atoms with Crippen molar-refractivity contribution in [1.29, 1.82) is 0 Å². The molecule has 0 radical (unpaired) electrons. The van der Waals surface area contributed by atoms with Crippen molar-refractivity contribution in [2.24, 2.45) is 5.73 Å². The summed E-state index contributed by atoms with van der Waals surface area (Å²) in [6.07, 6.45) is 6.77. The van der Waals surface area contributed by atoms with Crippen molar-refractivity contribution in [3.8, 4) is 0 Å². The molecule has 1 aliphatic heterocycles. The summed E-state index contributed by atoms with van der Waals surface area (Å²) in [6.45, 7) is 1.45. The number of hydrogen-bond donors (Lipinski definition) is 2. The lowest BCUT2D eigenvalue weighted by Crippen LogP contribution is -2.50. The van der Waals surface area contributed by atoms with Gasteiger partial charge in [0.2, 0.25) is 11.8 Å². The molecule has 3 aliphatic rings. The number of nitrogens with one attached hydrogen (secondary N) is 1. The van der Waals surface area contributed by atoms with Crippen LogP contribution in [0, 0.1) is 0 Å². The number of carbonyl (C=O) groups excluding carboxylic acids is 2. The van der Waals surface area contributed by atoms with Crippen molar-refractivity contribution in [3.63, 3.8) is 0 Å². The summed E-state index contributed by atoms with van der Waals surface area (Å²) in [5.41, 5.74) is 7.28. The first-order valence-corrected chi connectivity index (χ1v) is 11.7. The van der Waals surface area contributed by atoms with Gasteiger partial charge in [0, 0.05) is 44.4 Å². The van der Waals surface area contributed by atoms with Crippen molar-refractivity contribution < 1.29 is 14.3 Å². The third kappa shape index (κ3) is 5.64. The Balaban J connectivity index is 1.45. The van der Waals surface area contributed by atoms with Crippen molar-refractivity contribution in [2.45, 2.75) is 81.7 Å². The van der Waals surface area contributed by atoms with Gasteiger partial charge in [0.15, 0.2) is 0 Å². The number of amides is 2. The van der Waals surface area contributed by atoms with E-state index in [4.69, 9.17) is 10.5 Å². The van der Waals surface area contributed by atoms with Crippen LogP contribution in [0.25, 0.3) is 0 Å². The van der Waals surface area contributed by atoms with E-state index >= 15 is 0 Å². The Labute approximate surface area is 185 Å². The molecule has 0 bridgehead atoms. The molecule has 2 atom stereocenters. The smallest absolute Gasteiger partial charge is 0.249 e. The zero-order valence-electron chi connectivity index (χ0n) is 18.5. The highest BCUT2D eigenvalue weighted by Gasteiger charge is 2.45. The lowest BCUT2D eigenvalue weighted by Gasteiger charge is -2.30. The van der Waals surface area contributed by atoms with Crippen molar-refractivity contribution >= 4 is 11.8 Å². The summed E-state index contributed by atoms with van der Waals surface area (Å²) >= 11 is 0. The van der Waals surface area contributed by atoms with Crippen LogP contribution in [0.5, 0.6) is 0 Å². The van der Waals surface area contributed by atoms with Crippen LogP contribution in [0.1, 0.15) is 50.5 Å². The first-order valence-electron chi connectivity index (χ1n) is 11.7. The summed E-state index contributed by atoms with van der Waals surface area (Å²) in [7, 11) is 1.53. The molecule has 3 N–H and O–H groups in total. The maximum absolute atomic E-state index is 13.2. The molecular formula is C24H36N4O3. The van der Waals surface area contributed by atoms with Crippen molar-refractivity contribution in [3.05, 3.63) is 35.9 Å². The summed E-state index contributed by atoms with van der Waals surface area (Å²) in [5.74, 6) is -0.130. The molecule has 1 aromatic rings. The fourth-order valence-corrected chi connectivity index (χ4v) is 5.10. The molecule has 0 aromatic heterocycles. The molecule has 7 heteroatoms. The van der Waals surface area contributed by atoms with E-state index in [1.165, 1.54) is 25.5 Å². The summed E-state index contributed by atoms with van der Waals surface area (Å²) in [4.78, 5) is 30.3. The molecular weight excluding hydrogens is 392 g/mol. The molecule has 1 heterocycles. The minimum atomic E-state index is -0.430. The standard InChI is InChI=1S/C24H36N4O3/c1-31-16-23(29)28-15-21(27(20-11-12-20)14-17-5-3-2-4-6-17)13-22(28)24(30)26-19-9-7-18(25)8-10-19/h2-6,18-22H,7-16,25H2,1H3,(H,26,30). The molecule has 31 heavy (non-hydrogen) atoms. The van der Waals surface area contributed by atoms with Gasteiger partial charge in [-0.25, -0.2) is 0 Å². The second kappa shape index (κ2) is 10.1. The van der Waals surface area contributed by atoms with E-state index in [2.05, 4.69) is 34.5 Å². The third-order valence-electron chi connectivity index (χ3n) is 6.98. The number of methoxy groups -OCH3 is 1. The van der Waals surface area contributed by atoms with Crippen LogP contribution >= 0.6 is 0 Å². The lowest BCUT2D eigenvalue weighted by atomic mass is 9.91. The first-order chi connectivity index (χ1) is 15.0. The van der Waals surface area contributed by atoms with Gasteiger partial charge in [0.25, 0.3) is 0 Å². The van der Waals surface area contributed by atoms with Crippen molar-refractivity contribution in [2.75, 3.05) is 20.3 Å². The average molecular weight is 429 g/mol. The average Bonchev–Trinajstić information content (AvgIpc) is 3.52. The van der Waals surface area contributed by atoms with Crippen LogP contribution < -0.4 is 11.1 Å². The number of benzene rings is 1. The number of nitrogens with zero attached hydrogens (tertiary/aromatic N) is 2. The Hall–Kier alpha value is -1.96. The largest absolute Gasteiger partial charge is 0.375 e. The van der Waals surface area contributed by atoms with Crippen molar-refractivity contribution in [1.82, 2.24) is 15.1 Å². The molecule has 2 unspecified atom stereocenters. The summed E-state index contributed by atoms with van der Waals surface area (Å²) in [6, 6.07) is 11.2. The van der Waals surface area contributed by atoms with E-state index in [1.54, 1.807) is 4.90 Å². The normalized spacial score (nSPS) is 28.7. The van der Waals surface area contributed by atoms with Gasteiger partial charge < -0.3 is 20.7 Å². The monoisotopic (exact) mass is 428 g/mol. The van der Waals surface area contributed by atoms with Gasteiger partial charge in [0.1, 0.15) is 12.6 Å². The minimum Gasteiger partial charge on any atom is -0.375 e. The Kier molecular flexibility index (Phi) is 7.25. The third-order valence-corrected chi connectivity index (χ3v) is 6.98. The molecule has 4 rings (SSSR count). The molecule has 1 saturated heterocycles. The number of nitrogens with two attached hydrogens (primary N) is 1. The van der Waals surface area contributed by atoms with Crippen LogP contribution in [0.3, 0.4) is 0 Å². The summed E-state index contributed by atoms with van der Waals surface area (Å²) < 4.78 is 5.11. The predicted molar refractivity (Wildman–Crippen MR) is 119 cm³/mol. The van der Waals surface area contributed by atoms with Crippen LogP contribution in [-0.2, 0) is 20.9 Å². The molecule has 2 amide bonds. The van der Waals surface area contributed by atoms with Crippen LogP contribution in [0.4, 0.5) is 0 Å². The quantitative estimate of drug-likeness (QED) is 0.657. The maximum Gasteiger partial charge on any atom is 0.249 e. The van der Waals surface area contributed by atoms with Gasteiger partial charge in [-0.15, -0.1) is 0 Å². The number of likely N-dealkylation sites (tertiary alicyclic amines) is 1. The fourth-order valence-electron chi connectivity index (χ4n) is 5.10. The number of ether oxygens (including phenoxy) is 1. The van der Waals surface area contributed by atoms with E-state index in [9.17, 15) is 9.59 Å². The van der Waals surface area contributed by atoms with Gasteiger partial charge in [-0.1, -0.05) is 30.3 Å². The van der Waals surface area contributed by atoms with E-state index in [1.807, 2.05) is 6.07 Å². The second-order valence-electron chi connectivity index (χ2n) is 9.39. The number of hydrogen-bond acceptors (Lipinski definition) is 5. The Morgan fingerprint density at radius 1 is 1.10 bits per heavy atom. The number of rotatable bonds is 8. The molecule has 3 fully saturated rings. The van der Waals surface area contributed by atoms with Crippen LogP contribution in [0.2, 0.25) is 0 Å². The zero-order chi connectivity index (χ0) is 21.8. The van der Waals surface area contributed by atoms with Gasteiger partial charge in [-0.2, -0.15) is 0 Å². The predicted octanol–water partition coefficient (Wildman–Crippen LogP) is 1.65. The molecule has 1 aromatic carbocycles. The Bertz CT molecular complexity index is 746. The highest BCUT2D eigenvalue weighted by atomic mass is 16.5. The second-order valence-corrected chi connectivity index (χ2v) is 9.39. The first kappa shape index (κ1) is 22.2. The topological polar surface area (TPSA) is 87.9 Å². The number of carbonyl (C=O) groups is 2. The molecule has 170 valence electrons. The molecule has 2 aliphatic carbocycles. The molecule has 7 nitrogen and oxygen atoms in total. The van der Waals surface area contributed by atoms with Gasteiger partial charge in [0.05, 0.1) is 0 Å². The molecule has 0 spiro atoms. The van der Waals surface area contributed by atoms with E-state index in [-0.39, 0.29) is 36.5 Å². The fraction of sp³-hybridized carbons (Fsp3) is 0.667. The van der Waals surface area contributed by atoms with Gasteiger partial charge >= 0.3 is 0 Å². The van der Waals surface area contributed by atoms with E-state index < -0.39 is 6.04 Å². The summed E-state index contributed by atoms with van der Waals surface area (Å²) in [5, 5.41) is 3.21. The van der Waals surface area contributed by atoms with E-state index in [0.717, 1.165) is 32.2 Å². The van der Waals surface area contributed by atoms with Crippen LogP contribution in [-0.4, -0.2) is 72.1 Å². The Morgan fingerprint density at radius 2 is 1.81 bits per heavy atom. The lowest BCUT2D eigenvalue weighted by molar-refractivity contribution is -0.141. The minimum absolute atomic E-state index is 0.0108. The molecule has 2 saturated carbocycles. The highest BCUT2D eigenvalue weighted by molar-refractivity contribution is 5.89. The van der Waals surface area contributed by atoms with Gasteiger partial charge in [-0.3, -0.25) is 14.5 Å².